The number of carbonyl (C=O) groups is 1. The van der Waals surface area contributed by atoms with E-state index in [2.05, 4.69) is 18.3 Å². The molecule has 27 heavy (non-hydrogen) atoms. The maximum Gasteiger partial charge on any atom is 0.264 e. The van der Waals surface area contributed by atoms with Gasteiger partial charge in [0.1, 0.15) is 9.71 Å². The molecule has 1 aliphatic carbocycles. The lowest BCUT2D eigenvalue weighted by atomic mass is 9.85. The largest absolute Gasteiger partial charge is 0.397 e. The van der Waals surface area contributed by atoms with Gasteiger partial charge in [0.25, 0.3) is 5.91 Å². The number of nitrogen functional groups attached to an aromatic ring is 1. The molecule has 1 aromatic carbocycles. The number of hydrogen-bond acceptors (Lipinski definition) is 4. The van der Waals surface area contributed by atoms with Gasteiger partial charge < -0.3 is 11.1 Å². The molecule has 0 fully saturated rings. The highest BCUT2D eigenvalue weighted by molar-refractivity contribution is 7.21. The van der Waals surface area contributed by atoms with Crippen LogP contribution in [0.15, 0.2) is 36.4 Å². The highest BCUT2D eigenvalue weighted by Crippen LogP contribution is 2.37. The fourth-order valence-corrected chi connectivity index (χ4v) is 4.87. The first-order chi connectivity index (χ1) is 13.1. The van der Waals surface area contributed by atoms with Gasteiger partial charge in [0, 0.05) is 11.1 Å². The third-order valence-corrected chi connectivity index (χ3v) is 6.73. The molecule has 0 radical (unpaired) electrons. The summed E-state index contributed by atoms with van der Waals surface area (Å²) in [5.74, 6) is 0.599. The Morgan fingerprint density at radius 3 is 2.89 bits per heavy atom. The van der Waals surface area contributed by atoms with Gasteiger partial charge in [-0.25, -0.2) is 4.98 Å². The van der Waals surface area contributed by atoms with Crippen molar-refractivity contribution in [3.63, 3.8) is 0 Å². The predicted molar refractivity (Wildman–Crippen MR) is 112 cm³/mol. The van der Waals surface area contributed by atoms with Crippen LogP contribution in [0.1, 0.15) is 59.2 Å². The maximum absolute atomic E-state index is 12.8. The van der Waals surface area contributed by atoms with Crippen LogP contribution in [0.2, 0.25) is 0 Å². The second kappa shape index (κ2) is 7.31. The smallest absolute Gasteiger partial charge is 0.264 e. The molecule has 0 saturated carbocycles. The lowest BCUT2D eigenvalue weighted by Gasteiger charge is -2.22. The van der Waals surface area contributed by atoms with Crippen LogP contribution in [0.25, 0.3) is 10.2 Å². The summed E-state index contributed by atoms with van der Waals surface area (Å²) < 4.78 is 0. The number of nitrogens with one attached hydrogen (secondary N) is 1. The number of pyridine rings is 1. The fraction of sp³-hybridized carbons (Fsp3) is 0.364. The van der Waals surface area contributed by atoms with Crippen molar-refractivity contribution in [2.45, 2.75) is 45.6 Å². The van der Waals surface area contributed by atoms with Gasteiger partial charge in [0.15, 0.2) is 0 Å². The minimum absolute atomic E-state index is 0.0743. The Hall–Kier alpha value is -2.40. The van der Waals surface area contributed by atoms with Crippen LogP contribution in [-0.2, 0) is 12.8 Å². The fourth-order valence-electron chi connectivity index (χ4n) is 3.87. The summed E-state index contributed by atoms with van der Waals surface area (Å²) in [6.07, 6.45) is 4.48. The van der Waals surface area contributed by atoms with Gasteiger partial charge in [-0.1, -0.05) is 43.7 Å². The highest BCUT2D eigenvalue weighted by Gasteiger charge is 2.23. The van der Waals surface area contributed by atoms with E-state index in [1.54, 1.807) is 0 Å². The molecule has 0 spiro atoms. The van der Waals surface area contributed by atoms with E-state index in [-0.39, 0.29) is 11.9 Å². The van der Waals surface area contributed by atoms with Crippen molar-refractivity contribution in [2.24, 2.45) is 5.92 Å². The van der Waals surface area contributed by atoms with E-state index >= 15 is 0 Å². The van der Waals surface area contributed by atoms with E-state index in [0.717, 1.165) is 34.5 Å². The van der Waals surface area contributed by atoms with Crippen LogP contribution in [0.4, 0.5) is 5.69 Å². The van der Waals surface area contributed by atoms with Crippen molar-refractivity contribution in [1.82, 2.24) is 10.3 Å². The zero-order valence-corrected chi connectivity index (χ0v) is 16.6. The van der Waals surface area contributed by atoms with Gasteiger partial charge in [0.2, 0.25) is 0 Å². The zero-order valence-electron chi connectivity index (χ0n) is 15.8. The molecule has 1 amide bonds. The van der Waals surface area contributed by atoms with Crippen molar-refractivity contribution in [3.05, 3.63) is 58.1 Å². The van der Waals surface area contributed by atoms with E-state index < -0.39 is 0 Å². The molecule has 2 aromatic heterocycles. The number of thiophene rings is 1. The van der Waals surface area contributed by atoms with Crippen LogP contribution < -0.4 is 11.1 Å². The summed E-state index contributed by atoms with van der Waals surface area (Å²) in [4.78, 5) is 19.1. The average molecular weight is 380 g/mol. The zero-order chi connectivity index (χ0) is 19.0. The maximum atomic E-state index is 12.8. The van der Waals surface area contributed by atoms with Crippen molar-refractivity contribution in [3.8, 4) is 0 Å². The van der Waals surface area contributed by atoms with E-state index in [4.69, 9.17) is 10.7 Å². The van der Waals surface area contributed by atoms with Crippen LogP contribution >= 0.6 is 11.3 Å². The van der Waals surface area contributed by atoms with Gasteiger partial charge in [0.05, 0.1) is 11.7 Å². The minimum atomic E-state index is -0.128. The molecule has 0 saturated heterocycles. The van der Waals surface area contributed by atoms with Crippen LogP contribution in [0.5, 0.6) is 0 Å². The van der Waals surface area contributed by atoms with Crippen molar-refractivity contribution in [2.75, 3.05) is 5.73 Å². The molecule has 140 valence electrons. The molecule has 2 heterocycles. The quantitative estimate of drug-likeness (QED) is 0.678. The molecule has 3 N–H and O–H groups in total. The number of aromatic nitrogens is 1. The summed E-state index contributed by atoms with van der Waals surface area (Å²) in [5.41, 5.74) is 10.5. The standard InChI is InChI=1S/C22H25N3OS/c1-3-14-9-10-18-16(11-14)12-17-19(23)20(27-22(17)25-18)21(26)24-13(2)15-7-5-4-6-8-15/h4-8,12-14H,3,9-11,23H2,1-2H3,(H,24,26)/t13-,14-/m0/s1. The molecular weight excluding hydrogens is 354 g/mol. The first-order valence-corrected chi connectivity index (χ1v) is 10.4. The lowest BCUT2D eigenvalue weighted by Crippen LogP contribution is -2.26. The number of aryl methyl sites for hydroxylation is 1. The number of anilines is 1. The average Bonchev–Trinajstić information content (AvgIpc) is 3.02. The van der Waals surface area contributed by atoms with Crippen LogP contribution in [-0.4, -0.2) is 10.9 Å². The molecule has 3 aromatic rings. The molecular formula is C22H25N3OS. The molecule has 5 heteroatoms. The summed E-state index contributed by atoms with van der Waals surface area (Å²) in [6.45, 7) is 4.23. The topological polar surface area (TPSA) is 68.0 Å². The van der Waals surface area contributed by atoms with Gasteiger partial charge in [-0.15, -0.1) is 11.3 Å². The Kier molecular flexibility index (Phi) is 4.87. The number of benzene rings is 1. The molecule has 0 aliphatic heterocycles. The van der Waals surface area contributed by atoms with E-state index in [1.165, 1.54) is 35.4 Å². The molecule has 1 aliphatic rings. The third kappa shape index (κ3) is 3.44. The number of hydrogen-bond donors (Lipinski definition) is 2. The molecule has 0 bridgehead atoms. The predicted octanol–water partition coefficient (Wildman–Crippen LogP) is 4.88. The Labute approximate surface area is 163 Å². The number of rotatable bonds is 4. The van der Waals surface area contributed by atoms with Gasteiger partial charge >= 0.3 is 0 Å². The van der Waals surface area contributed by atoms with Crippen molar-refractivity contribution >= 4 is 33.1 Å². The van der Waals surface area contributed by atoms with Crippen LogP contribution in [0.3, 0.4) is 0 Å². The second-order valence-electron chi connectivity index (χ2n) is 7.41. The normalized spacial score (nSPS) is 17.5. The van der Waals surface area contributed by atoms with Crippen molar-refractivity contribution in [1.29, 1.82) is 0 Å². The van der Waals surface area contributed by atoms with E-state index in [0.29, 0.717) is 10.6 Å². The van der Waals surface area contributed by atoms with Gasteiger partial charge in [-0.2, -0.15) is 0 Å². The summed E-state index contributed by atoms with van der Waals surface area (Å²) in [7, 11) is 0. The highest BCUT2D eigenvalue weighted by atomic mass is 32.1. The SMILES string of the molecule is CC[C@H]1CCc2nc3sc(C(=O)N[C@@H](C)c4ccccc4)c(N)c3cc2C1. The Balaban J connectivity index is 1.62. The van der Waals surface area contributed by atoms with E-state index in [9.17, 15) is 4.79 Å². The third-order valence-electron chi connectivity index (χ3n) is 5.62. The summed E-state index contributed by atoms with van der Waals surface area (Å²) in [5, 5.41) is 3.99. The number of nitrogens with zero attached hydrogens (tertiary/aromatic N) is 1. The number of nitrogens with two attached hydrogens (primary N) is 1. The second-order valence-corrected chi connectivity index (χ2v) is 8.41. The minimum Gasteiger partial charge on any atom is -0.397 e. The Morgan fingerprint density at radius 2 is 2.15 bits per heavy atom. The molecule has 4 nitrogen and oxygen atoms in total. The first kappa shape index (κ1) is 18.0. The number of amides is 1. The van der Waals surface area contributed by atoms with Gasteiger partial charge in [-0.3, -0.25) is 4.79 Å². The first-order valence-electron chi connectivity index (χ1n) is 9.63. The van der Waals surface area contributed by atoms with Crippen molar-refractivity contribution < 1.29 is 4.79 Å². The Bertz CT molecular complexity index is 980. The number of fused-ring (bicyclic) bond motifs is 2. The number of carbonyl (C=O) groups excluding carboxylic acids is 1. The lowest BCUT2D eigenvalue weighted by molar-refractivity contribution is 0.0945. The van der Waals surface area contributed by atoms with Gasteiger partial charge in [-0.05, 0) is 49.3 Å². The molecule has 2 atom stereocenters. The summed E-state index contributed by atoms with van der Waals surface area (Å²) in [6, 6.07) is 12.0. The summed E-state index contributed by atoms with van der Waals surface area (Å²) >= 11 is 1.40. The monoisotopic (exact) mass is 379 g/mol. The van der Waals surface area contributed by atoms with Crippen LogP contribution in [0, 0.1) is 5.92 Å². The molecule has 0 unspecified atom stereocenters. The Morgan fingerprint density at radius 1 is 1.37 bits per heavy atom. The van der Waals surface area contributed by atoms with E-state index in [1.807, 2.05) is 37.3 Å². The molecule has 4 rings (SSSR count).